The molecule has 0 amide bonds. The largest absolute Gasteiger partial charge is 0.325 e. The van der Waals surface area contributed by atoms with Crippen molar-refractivity contribution >= 4 is 11.6 Å². The van der Waals surface area contributed by atoms with Gasteiger partial charge in [-0.3, -0.25) is 0 Å². The van der Waals surface area contributed by atoms with E-state index in [1.54, 1.807) is 0 Å². The molecule has 0 aliphatic heterocycles. The molecule has 0 aromatic carbocycles. The van der Waals surface area contributed by atoms with Crippen molar-refractivity contribution in [2.45, 2.75) is 117 Å². The molecule has 0 atom stereocenters. The number of anilines is 2. The maximum absolute atomic E-state index is 4.60. The lowest BCUT2D eigenvalue weighted by Gasteiger charge is -2.19. The summed E-state index contributed by atoms with van der Waals surface area (Å²) >= 11 is 0. The predicted octanol–water partition coefficient (Wildman–Crippen LogP) is 9.15. The van der Waals surface area contributed by atoms with Crippen molar-refractivity contribution < 1.29 is 0 Å². The summed E-state index contributed by atoms with van der Waals surface area (Å²) in [6.07, 6.45) is 19.2. The molecule has 2 heterocycles. The van der Waals surface area contributed by atoms with Crippen LogP contribution in [0.2, 0.25) is 0 Å². The summed E-state index contributed by atoms with van der Waals surface area (Å²) < 4.78 is 0. The van der Waals surface area contributed by atoms with Crippen molar-refractivity contribution in [1.29, 1.82) is 0 Å². The molecule has 0 unspecified atom stereocenters. The minimum Gasteiger partial charge on any atom is -0.325 e. The number of hydrogen-bond acceptors (Lipinski definition) is 3. The van der Waals surface area contributed by atoms with Gasteiger partial charge in [0.2, 0.25) is 0 Å². The van der Waals surface area contributed by atoms with Crippen LogP contribution in [0.15, 0.2) is 36.7 Å². The molecule has 0 aliphatic carbocycles. The maximum atomic E-state index is 4.60. The summed E-state index contributed by atoms with van der Waals surface area (Å²) in [7, 11) is 0. The van der Waals surface area contributed by atoms with E-state index in [0.717, 1.165) is 11.6 Å². The first-order valence-corrected chi connectivity index (χ1v) is 12.9. The highest BCUT2D eigenvalue weighted by molar-refractivity contribution is 5.53. The van der Waals surface area contributed by atoms with E-state index < -0.39 is 0 Å². The molecule has 2 aromatic rings. The smallest absolute Gasteiger partial charge is 0.131 e. The molecule has 31 heavy (non-hydrogen) atoms. The summed E-state index contributed by atoms with van der Waals surface area (Å²) in [5.74, 6) is 3.10. The number of pyridine rings is 2. The minimum absolute atomic E-state index is 0.634. The van der Waals surface area contributed by atoms with Gasteiger partial charge in [0, 0.05) is 12.4 Å². The Morgan fingerprint density at radius 1 is 0.613 bits per heavy atom. The number of nitrogens with one attached hydrogen (secondary N) is 1. The van der Waals surface area contributed by atoms with Gasteiger partial charge in [-0.05, 0) is 72.9 Å². The average molecular weight is 424 g/mol. The molecule has 0 saturated carbocycles. The fourth-order valence-corrected chi connectivity index (χ4v) is 4.43. The highest BCUT2D eigenvalue weighted by Crippen LogP contribution is 2.31. The lowest BCUT2D eigenvalue weighted by atomic mass is 9.89. The van der Waals surface area contributed by atoms with Crippen LogP contribution in [0.1, 0.15) is 128 Å². The quantitative estimate of drug-likeness (QED) is 0.292. The molecule has 0 bridgehead atoms. The fraction of sp³-hybridized carbons (Fsp3) is 0.643. The molecule has 2 rings (SSSR count). The third-order valence-electron chi connectivity index (χ3n) is 6.39. The third kappa shape index (κ3) is 9.01. The van der Waals surface area contributed by atoms with Gasteiger partial charge in [0.15, 0.2) is 0 Å². The zero-order valence-electron chi connectivity index (χ0n) is 20.5. The summed E-state index contributed by atoms with van der Waals surface area (Å²) in [6, 6.07) is 8.90. The molecule has 3 nitrogen and oxygen atoms in total. The fourth-order valence-electron chi connectivity index (χ4n) is 4.43. The molecular formula is C28H45N3. The second kappa shape index (κ2) is 15.0. The molecule has 1 N–H and O–H groups in total. The van der Waals surface area contributed by atoms with Gasteiger partial charge in [0.1, 0.15) is 11.6 Å². The zero-order valence-corrected chi connectivity index (χ0v) is 20.5. The number of nitrogens with zero attached hydrogens (tertiary/aromatic N) is 2. The first kappa shape index (κ1) is 25.4. The van der Waals surface area contributed by atoms with Crippen LogP contribution in [0.4, 0.5) is 11.6 Å². The van der Waals surface area contributed by atoms with Crippen molar-refractivity contribution in [3.63, 3.8) is 0 Å². The number of aromatic nitrogens is 2. The van der Waals surface area contributed by atoms with Crippen molar-refractivity contribution in [3.05, 3.63) is 47.8 Å². The Hall–Kier alpha value is -1.90. The van der Waals surface area contributed by atoms with Crippen LogP contribution in [0.5, 0.6) is 0 Å². The number of rotatable bonds is 16. The number of hydrogen-bond donors (Lipinski definition) is 1. The van der Waals surface area contributed by atoms with Gasteiger partial charge in [-0.25, -0.2) is 9.97 Å². The Kier molecular flexibility index (Phi) is 12.3. The van der Waals surface area contributed by atoms with Crippen LogP contribution in [0, 0.1) is 0 Å². The van der Waals surface area contributed by atoms with Crippen molar-refractivity contribution in [1.82, 2.24) is 9.97 Å². The Bertz CT molecular complexity index is 650. The number of unbranched alkanes of at least 4 members (excludes halogenated alkanes) is 4. The molecular weight excluding hydrogens is 378 g/mol. The summed E-state index contributed by atoms with van der Waals surface area (Å²) in [4.78, 5) is 9.20. The van der Waals surface area contributed by atoms with Crippen LogP contribution in [0.3, 0.4) is 0 Å². The van der Waals surface area contributed by atoms with Gasteiger partial charge in [-0.2, -0.15) is 0 Å². The summed E-state index contributed by atoms with van der Waals surface area (Å²) in [5.41, 5.74) is 2.83. The van der Waals surface area contributed by atoms with Crippen LogP contribution in [0.25, 0.3) is 0 Å². The molecule has 3 heteroatoms. The minimum atomic E-state index is 0.634. The Morgan fingerprint density at radius 2 is 0.968 bits per heavy atom. The van der Waals surface area contributed by atoms with E-state index in [-0.39, 0.29) is 0 Å². The topological polar surface area (TPSA) is 37.8 Å². The first-order valence-electron chi connectivity index (χ1n) is 12.9. The average Bonchev–Trinajstić information content (AvgIpc) is 2.79. The molecule has 0 radical (unpaired) electrons. The molecule has 0 spiro atoms. The molecule has 0 fully saturated rings. The van der Waals surface area contributed by atoms with Gasteiger partial charge in [-0.15, -0.1) is 0 Å². The lowest BCUT2D eigenvalue weighted by molar-refractivity contribution is 0.524. The van der Waals surface area contributed by atoms with Crippen molar-refractivity contribution in [2.75, 3.05) is 5.32 Å². The normalized spacial score (nSPS) is 11.4. The van der Waals surface area contributed by atoms with E-state index in [4.69, 9.17) is 0 Å². The van der Waals surface area contributed by atoms with Gasteiger partial charge in [0.25, 0.3) is 0 Å². The standard InChI is InChI=1S/C28H45N3/c1-5-9-13-23(14-10-6-2)25-17-19-29-27(21-25)31-28-22-26(18-20-30-28)24(15-11-7-3)16-12-8-4/h17-24H,5-16H2,1-4H3,(H,29,30,31). The van der Waals surface area contributed by atoms with Crippen molar-refractivity contribution in [3.8, 4) is 0 Å². The highest BCUT2D eigenvalue weighted by Gasteiger charge is 2.14. The van der Waals surface area contributed by atoms with Crippen LogP contribution >= 0.6 is 0 Å². The van der Waals surface area contributed by atoms with E-state index in [1.165, 1.54) is 88.2 Å². The lowest BCUT2D eigenvalue weighted by Crippen LogP contribution is -2.04. The SMILES string of the molecule is CCCCC(CCCC)c1ccnc(Nc2cc(C(CCCC)CCCC)ccn2)c1. The molecule has 0 saturated heterocycles. The van der Waals surface area contributed by atoms with Gasteiger partial charge in [0.05, 0.1) is 0 Å². The molecule has 2 aromatic heterocycles. The summed E-state index contributed by atoms with van der Waals surface area (Å²) in [6.45, 7) is 9.12. The van der Waals surface area contributed by atoms with Gasteiger partial charge in [-0.1, -0.05) is 79.1 Å². The highest BCUT2D eigenvalue weighted by atomic mass is 15.0. The van der Waals surface area contributed by atoms with Crippen molar-refractivity contribution in [2.24, 2.45) is 0 Å². The van der Waals surface area contributed by atoms with E-state index >= 15 is 0 Å². The van der Waals surface area contributed by atoms with E-state index in [9.17, 15) is 0 Å². The van der Waals surface area contributed by atoms with Crippen LogP contribution in [-0.4, -0.2) is 9.97 Å². The van der Waals surface area contributed by atoms with Gasteiger partial charge < -0.3 is 5.32 Å². The van der Waals surface area contributed by atoms with Crippen LogP contribution < -0.4 is 5.32 Å². The third-order valence-corrected chi connectivity index (χ3v) is 6.39. The van der Waals surface area contributed by atoms with Gasteiger partial charge >= 0.3 is 0 Å². The zero-order chi connectivity index (χ0) is 22.3. The Labute approximate surface area is 191 Å². The van der Waals surface area contributed by atoms with E-state index in [1.807, 2.05) is 12.4 Å². The van der Waals surface area contributed by atoms with E-state index in [2.05, 4.69) is 67.2 Å². The second-order valence-corrected chi connectivity index (χ2v) is 9.04. The van der Waals surface area contributed by atoms with E-state index in [0.29, 0.717) is 11.8 Å². The molecule has 0 aliphatic rings. The second-order valence-electron chi connectivity index (χ2n) is 9.04. The first-order chi connectivity index (χ1) is 15.2. The van der Waals surface area contributed by atoms with Crippen LogP contribution in [-0.2, 0) is 0 Å². The summed E-state index contributed by atoms with van der Waals surface area (Å²) in [5, 5.41) is 3.50. The predicted molar refractivity (Wildman–Crippen MR) is 135 cm³/mol. The monoisotopic (exact) mass is 423 g/mol. The Morgan fingerprint density at radius 3 is 1.29 bits per heavy atom. The molecule has 172 valence electrons. The maximum Gasteiger partial charge on any atom is 0.131 e. The Balaban J connectivity index is 2.14.